The Morgan fingerprint density at radius 1 is 0.822 bits per heavy atom. The maximum Gasteiger partial charge on any atom is 0.264 e. The number of carbonyl (C=O) groups excluding carboxylic acids is 2. The monoisotopic (exact) mass is 645 g/mol. The van der Waals surface area contributed by atoms with E-state index in [2.05, 4.69) is 5.32 Å². The fourth-order valence-corrected chi connectivity index (χ4v) is 6.58. The molecule has 4 rings (SSSR count). The highest BCUT2D eigenvalue weighted by molar-refractivity contribution is 7.92. The molecule has 45 heavy (non-hydrogen) atoms. The molecule has 0 aromatic heterocycles. The Labute approximate surface area is 271 Å². The molecule has 2 atom stereocenters. The highest BCUT2D eigenvalue weighted by Gasteiger charge is 2.35. The molecule has 1 N–H and O–H groups in total. The molecule has 2 amide bonds. The van der Waals surface area contributed by atoms with Gasteiger partial charge in [-0.3, -0.25) is 13.9 Å². The third-order valence-corrected chi connectivity index (χ3v) is 9.84. The van der Waals surface area contributed by atoms with Gasteiger partial charge in [-0.05, 0) is 74.2 Å². The Kier molecular flexibility index (Phi) is 11.4. The third-order valence-electron chi connectivity index (χ3n) is 7.81. The van der Waals surface area contributed by atoms with Crippen LogP contribution in [0, 0.1) is 13.8 Å². The molecule has 236 valence electrons. The lowest BCUT2D eigenvalue weighted by molar-refractivity contribution is -0.140. The molecule has 7 nitrogen and oxygen atoms in total. The molecule has 4 aromatic rings. The van der Waals surface area contributed by atoms with Crippen molar-refractivity contribution < 1.29 is 18.0 Å². The van der Waals surface area contributed by atoms with E-state index < -0.39 is 28.5 Å². The summed E-state index contributed by atoms with van der Waals surface area (Å²) in [6.45, 7) is 7.28. The van der Waals surface area contributed by atoms with Gasteiger partial charge in [0, 0.05) is 24.0 Å². The Bertz CT molecular complexity index is 1690. The number of sulfonamides is 1. The van der Waals surface area contributed by atoms with Crippen LogP contribution < -0.4 is 9.62 Å². The molecule has 9 heteroatoms. The Balaban J connectivity index is 1.81. The molecule has 0 saturated heterocycles. The van der Waals surface area contributed by atoms with Crippen molar-refractivity contribution in [2.75, 3.05) is 10.8 Å². The number of nitrogens with one attached hydrogen (secondary N) is 1. The lowest BCUT2D eigenvalue weighted by Crippen LogP contribution is -2.54. The summed E-state index contributed by atoms with van der Waals surface area (Å²) in [4.78, 5) is 30.0. The van der Waals surface area contributed by atoms with E-state index in [4.69, 9.17) is 11.6 Å². The summed E-state index contributed by atoms with van der Waals surface area (Å²) in [6, 6.07) is 29.1. The summed E-state index contributed by atoms with van der Waals surface area (Å²) < 4.78 is 29.5. The van der Waals surface area contributed by atoms with E-state index >= 15 is 0 Å². The van der Waals surface area contributed by atoms with Gasteiger partial charge in [0.05, 0.1) is 10.6 Å². The normalized spacial score (nSPS) is 12.6. The molecular weight excluding hydrogens is 606 g/mol. The first kappa shape index (κ1) is 33.7. The molecule has 0 spiro atoms. The highest BCUT2D eigenvalue weighted by Crippen LogP contribution is 2.28. The van der Waals surface area contributed by atoms with E-state index in [1.54, 1.807) is 25.1 Å². The van der Waals surface area contributed by atoms with Gasteiger partial charge in [0.2, 0.25) is 11.8 Å². The predicted octanol–water partition coefficient (Wildman–Crippen LogP) is 6.71. The van der Waals surface area contributed by atoms with Crippen molar-refractivity contribution in [1.29, 1.82) is 0 Å². The smallest absolute Gasteiger partial charge is 0.264 e. The van der Waals surface area contributed by atoms with Gasteiger partial charge >= 0.3 is 0 Å². The molecule has 0 bridgehead atoms. The number of amides is 2. The van der Waals surface area contributed by atoms with Gasteiger partial charge in [-0.15, -0.1) is 0 Å². The molecule has 0 fully saturated rings. The molecule has 0 heterocycles. The van der Waals surface area contributed by atoms with Crippen molar-refractivity contribution in [3.05, 3.63) is 130 Å². The predicted molar refractivity (Wildman–Crippen MR) is 181 cm³/mol. The van der Waals surface area contributed by atoms with Crippen LogP contribution >= 0.6 is 11.6 Å². The fourth-order valence-electron chi connectivity index (χ4n) is 4.98. The number of hydrogen-bond donors (Lipinski definition) is 1. The molecule has 0 saturated carbocycles. The van der Waals surface area contributed by atoms with Crippen molar-refractivity contribution in [1.82, 2.24) is 10.2 Å². The minimum Gasteiger partial charge on any atom is -0.352 e. The summed E-state index contributed by atoms with van der Waals surface area (Å²) in [6.07, 6.45) is 0.977. The zero-order valence-corrected chi connectivity index (χ0v) is 27.7. The van der Waals surface area contributed by atoms with Crippen LogP contribution in [0.3, 0.4) is 0 Å². The minimum atomic E-state index is -4.20. The maximum absolute atomic E-state index is 14.6. The van der Waals surface area contributed by atoms with Gasteiger partial charge in [-0.2, -0.15) is 0 Å². The van der Waals surface area contributed by atoms with Crippen molar-refractivity contribution in [2.24, 2.45) is 0 Å². The number of aryl methyl sites for hydroxylation is 2. The lowest BCUT2D eigenvalue weighted by atomic mass is 10.0. The Morgan fingerprint density at radius 3 is 2.07 bits per heavy atom. The summed E-state index contributed by atoms with van der Waals surface area (Å²) >= 11 is 6.07. The van der Waals surface area contributed by atoms with E-state index in [1.165, 1.54) is 29.2 Å². The van der Waals surface area contributed by atoms with Crippen LogP contribution in [-0.2, 0) is 32.6 Å². The van der Waals surface area contributed by atoms with Crippen LogP contribution in [0.5, 0.6) is 0 Å². The Morgan fingerprint density at radius 2 is 1.44 bits per heavy atom. The summed E-state index contributed by atoms with van der Waals surface area (Å²) in [5, 5.41) is 3.45. The van der Waals surface area contributed by atoms with Gasteiger partial charge in [0.1, 0.15) is 12.6 Å². The van der Waals surface area contributed by atoms with E-state index in [0.29, 0.717) is 16.3 Å². The lowest BCUT2D eigenvalue weighted by Gasteiger charge is -2.34. The van der Waals surface area contributed by atoms with Crippen molar-refractivity contribution >= 4 is 39.1 Å². The number of halogens is 1. The average molecular weight is 646 g/mol. The zero-order chi connectivity index (χ0) is 32.6. The quantitative estimate of drug-likeness (QED) is 0.175. The van der Waals surface area contributed by atoms with Gasteiger partial charge in [0.15, 0.2) is 0 Å². The third kappa shape index (κ3) is 8.74. The van der Waals surface area contributed by atoms with Crippen LogP contribution in [0.15, 0.2) is 108 Å². The van der Waals surface area contributed by atoms with E-state index in [-0.39, 0.29) is 29.8 Å². The number of nitrogens with zero attached hydrogens (tertiary/aromatic N) is 2. The SMILES string of the molecule is CC[C@H](C)NC(=O)[C@@H](Cc1ccccc1)N(Cc1ccc(C)cc1)C(=O)CN(c1ccccc1C)S(=O)(=O)c1ccc(Cl)cc1. The number of para-hydroxylation sites is 1. The molecule has 4 aromatic carbocycles. The van der Waals surface area contributed by atoms with Crippen LogP contribution in [0.4, 0.5) is 5.69 Å². The number of benzene rings is 4. The second-order valence-electron chi connectivity index (χ2n) is 11.3. The van der Waals surface area contributed by atoms with Gasteiger partial charge in [-0.1, -0.05) is 96.9 Å². The van der Waals surface area contributed by atoms with E-state index in [9.17, 15) is 18.0 Å². The van der Waals surface area contributed by atoms with Crippen molar-refractivity contribution in [2.45, 2.75) is 64.1 Å². The molecular formula is C36H40ClN3O4S. The van der Waals surface area contributed by atoms with Crippen molar-refractivity contribution in [3.8, 4) is 0 Å². The van der Waals surface area contributed by atoms with Crippen LogP contribution in [0.1, 0.15) is 42.5 Å². The molecule has 0 radical (unpaired) electrons. The maximum atomic E-state index is 14.6. The first-order valence-electron chi connectivity index (χ1n) is 15.0. The first-order chi connectivity index (χ1) is 21.5. The summed E-state index contributed by atoms with van der Waals surface area (Å²) in [5.74, 6) is -0.798. The first-order valence-corrected chi connectivity index (χ1v) is 16.8. The molecule has 0 aliphatic heterocycles. The van der Waals surface area contributed by atoms with E-state index in [1.807, 2.05) is 81.4 Å². The standard InChI is InChI=1S/C36H40ClN3O4S/c1-5-28(4)38-36(42)34(23-29-12-7-6-8-13-29)39(24-30-17-15-26(2)16-18-30)35(41)25-40(33-14-10-9-11-27(33)3)45(43,44)32-21-19-31(37)20-22-32/h6-22,28,34H,5,23-25H2,1-4H3,(H,38,42)/t28-,34+/m0/s1. The Hall–Kier alpha value is -4.14. The van der Waals surface area contributed by atoms with Gasteiger partial charge in [-0.25, -0.2) is 8.42 Å². The molecule has 0 unspecified atom stereocenters. The molecule has 0 aliphatic rings. The summed E-state index contributed by atoms with van der Waals surface area (Å²) in [5.41, 5.74) is 3.83. The number of rotatable bonds is 13. The molecule has 0 aliphatic carbocycles. The highest BCUT2D eigenvalue weighted by atomic mass is 35.5. The summed E-state index contributed by atoms with van der Waals surface area (Å²) in [7, 11) is -4.20. The van der Waals surface area contributed by atoms with Crippen molar-refractivity contribution in [3.63, 3.8) is 0 Å². The zero-order valence-electron chi connectivity index (χ0n) is 26.1. The second-order valence-corrected chi connectivity index (χ2v) is 13.6. The van der Waals surface area contributed by atoms with Crippen LogP contribution in [0.25, 0.3) is 0 Å². The van der Waals surface area contributed by atoms with Crippen LogP contribution in [0.2, 0.25) is 5.02 Å². The topological polar surface area (TPSA) is 86.8 Å². The number of anilines is 1. The average Bonchev–Trinajstić information content (AvgIpc) is 3.03. The van der Waals surface area contributed by atoms with Gasteiger partial charge in [0.25, 0.3) is 10.0 Å². The van der Waals surface area contributed by atoms with Crippen LogP contribution in [-0.4, -0.2) is 43.8 Å². The number of carbonyl (C=O) groups is 2. The number of hydrogen-bond acceptors (Lipinski definition) is 4. The largest absolute Gasteiger partial charge is 0.352 e. The van der Waals surface area contributed by atoms with Gasteiger partial charge < -0.3 is 10.2 Å². The van der Waals surface area contributed by atoms with E-state index in [0.717, 1.165) is 27.4 Å². The second kappa shape index (κ2) is 15.2. The fraction of sp³-hybridized carbons (Fsp3) is 0.278. The minimum absolute atomic E-state index is 0.00314.